The first-order chi connectivity index (χ1) is 16.4. The topological polar surface area (TPSA) is 73.1 Å². The van der Waals surface area contributed by atoms with E-state index in [4.69, 9.17) is 14.5 Å². The molecule has 1 saturated heterocycles. The lowest BCUT2D eigenvalue weighted by molar-refractivity contribution is 0.0730. The Hall–Kier alpha value is -2.30. The summed E-state index contributed by atoms with van der Waals surface area (Å²) in [5.74, 6) is 0. The molecular formula is C25H31N3O4S2. The molecule has 1 aliphatic rings. The Morgan fingerprint density at radius 3 is 2.44 bits per heavy atom. The monoisotopic (exact) mass is 501 g/mol. The molecule has 9 heteroatoms. The minimum absolute atomic E-state index is 0.196. The highest BCUT2D eigenvalue weighted by Crippen LogP contribution is 2.25. The summed E-state index contributed by atoms with van der Waals surface area (Å²) >= 11 is 1.58. The first kappa shape index (κ1) is 24.8. The SMILES string of the molecule is CC(C)OCCCn1c(-c2ccc(S(=O)(=O)N3CCOCC3)cc2)csc1=Nc1ccccc1. The Morgan fingerprint density at radius 2 is 1.76 bits per heavy atom. The smallest absolute Gasteiger partial charge is 0.243 e. The highest BCUT2D eigenvalue weighted by atomic mass is 32.2. The van der Waals surface area contributed by atoms with Gasteiger partial charge in [0, 0.05) is 31.6 Å². The van der Waals surface area contributed by atoms with Crippen LogP contribution in [0.5, 0.6) is 0 Å². The molecule has 0 unspecified atom stereocenters. The van der Waals surface area contributed by atoms with Crippen LogP contribution < -0.4 is 4.80 Å². The Labute approximate surface area is 205 Å². The summed E-state index contributed by atoms with van der Waals surface area (Å²) in [6.45, 7) is 7.12. The molecule has 182 valence electrons. The maximum absolute atomic E-state index is 13.0. The number of thiazole rings is 1. The van der Waals surface area contributed by atoms with Gasteiger partial charge in [-0.15, -0.1) is 11.3 Å². The lowest BCUT2D eigenvalue weighted by Gasteiger charge is -2.26. The third-order valence-electron chi connectivity index (χ3n) is 5.51. The van der Waals surface area contributed by atoms with Crippen molar-refractivity contribution in [2.75, 3.05) is 32.9 Å². The van der Waals surface area contributed by atoms with E-state index < -0.39 is 10.0 Å². The lowest BCUT2D eigenvalue weighted by atomic mass is 10.2. The van der Waals surface area contributed by atoms with Crippen LogP contribution in [0.1, 0.15) is 20.3 Å². The van der Waals surface area contributed by atoms with Crippen LogP contribution in [0.2, 0.25) is 0 Å². The summed E-state index contributed by atoms with van der Waals surface area (Å²) < 4.78 is 40.7. The van der Waals surface area contributed by atoms with Gasteiger partial charge in [0.15, 0.2) is 4.80 Å². The van der Waals surface area contributed by atoms with E-state index in [9.17, 15) is 8.42 Å². The highest BCUT2D eigenvalue weighted by Gasteiger charge is 2.26. The van der Waals surface area contributed by atoms with Crippen LogP contribution in [0.25, 0.3) is 11.3 Å². The number of sulfonamides is 1. The Kier molecular flexibility index (Phi) is 8.33. The quantitative estimate of drug-likeness (QED) is 0.410. The van der Waals surface area contributed by atoms with Gasteiger partial charge in [-0.2, -0.15) is 4.31 Å². The number of benzene rings is 2. The number of hydrogen-bond donors (Lipinski definition) is 0. The van der Waals surface area contributed by atoms with E-state index in [1.54, 1.807) is 23.5 Å². The minimum atomic E-state index is -3.52. The van der Waals surface area contributed by atoms with Crippen LogP contribution >= 0.6 is 11.3 Å². The van der Waals surface area contributed by atoms with Crippen molar-refractivity contribution in [3.63, 3.8) is 0 Å². The number of para-hydroxylation sites is 1. The Morgan fingerprint density at radius 1 is 1.06 bits per heavy atom. The predicted octanol–water partition coefficient (Wildman–Crippen LogP) is 4.29. The molecule has 0 radical (unpaired) electrons. The standard InChI is InChI=1S/C25H31N3O4S2/c1-20(2)32-16-6-13-28-24(19-33-25(28)26-22-7-4-3-5-8-22)21-9-11-23(12-10-21)34(29,30)27-14-17-31-18-15-27/h3-5,7-12,19-20H,6,13-18H2,1-2H3. The van der Waals surface area contributed by atoms with Crippen molar-refractivity contribution in [2.24, 2.45) is 4.99 Å². The Balaban J connectivity index is 1.63. The van der Waals surface area contributed by atoms with Crippen LogP contribution in [0.3, 0.4) is 0 Å². The molecule has 1 aliphatic heterocycles. The summed E-state index contributed by atoms with van der Waals surface area (Å²) in [6.07, 6.45) is 1.05. The van der Waals surface area contributed by atoms with Crippen molar-refractivity contribution in [2.45, 2.75) is 37.8 Å². The summed E-state index contributed by atoms with van der Waals surface area (Å²) in [6, 6.07) is 17.0. The van der Waals surface area contributed by atoms with E-state index in [0.717, 1.165) is 34.7 Å². The van der Waals surface area contributed by atoms with Crippen molar-refractivity contribution in [1.82, 2.24) is 8.87 Å². The molecule has 0 saturated carbocycles. The van der Waals surface area contributed by atoms with E-state index >= 15 is 0 Å². The molecule has 34 heavy (non-hydrogen) atoms. The van der Waals surface area contributed by atoms with E-state index in [0.29, 0.717) is 37.8 Å². The number of aromatic nitrogens is 1. The van der Waals surface area contributed by atoms with Crippen molar-refractivity contribution >= 4 is 27.0 Å². The molecule has 0 aliphatic carbocycles. The molecule has 1 fully saturated rings. The maximum Gasteiger partial charge on any atom is 0.243 e. The third kappa shape index (κ3) is 6.03. The van der Waals surface area contributed by atoms with E-state index in [1.165, 1.54) is 4.31 Å². The zero-order chi connectivity index (χ0) is 24.0. The maximum atomic E-state index is 13.0. The molecule has 1 aromatic heterocycles. The molecular weight excluding hydrogens is 470 g/mol. The normalized spacial score (nSPS) is 15.8. The molecule has 0 spiro atoms. The molecule has 0 N–H and O–H groups in total. The second-order valence-corrected chi connectivity index (χ2v) is 11.1. The molecule has 2 aromatic carbocycles. The number of rotatable bonds is 9. The molecule has 2 heterocycles. The van der Waals surface area contributed by atoms with Crippen molar-refractivity contribution in [3.05, 3.63) is 64.8 Å². The highest BCUT2D eigenvalue weighted by molar-refractivity contribution is 7.89. The Bertz CT molecular complexity index is 1230. The zero-order valence-corrected chi connectivity index (χ0v) is 21.2. The summed E-state index contributed by atoms with van der Waals surface area (Å²) in [7, 11) is -3.52. The average molecular weight is 502 g/mol. The van der Waals surface area contributed by atoms with Crippen molar-refractivity contribution in [1.29, 1.82) is 0 Å². The van der Waals surface area contributed by atoms with Crippen LogP contribution in [-0.4, -0.2) is 56.3 Å². The fourth-order valence-corrected chi connectivity index (χ4v) is 6.12. The predicted molar refractivity (Wildman–Crippen MR) is 135 cm³/mol. The van der Waals surface area contributed by atoms with Gasteiger partial charge in [0.2, 0.25) is 10.0 Å². The molecule has 0 bridgehead atoms. The molecule has 4 rings (SSSR count). The first-order valence-electron chi connectivity index (χ1n) is 11.5. The van der Waals surface area contributed by atoms with Gasteiger partial charge in [-0.3, -0.25) is 0 Å². The lowest BCUT2D eigenvalue weighted by Crippen LogP contribution is -2.40. The van der Waals surface area contributed by atoms with Gasteiger partial charge in [-0.25, -0.2) is 13.4 Å². The van der Waals surface area contributed by atoms with Gasteiger partial charge >= 0.3 is 0 Å². The van der Waals surface area contributed by atoms with E-state index in [1.807, 2.05) is 56.3 Å². The van der Waals surface area contributed by atoms with Gasteiger partial charge in [0.1, 0.15) is 0 Å². The van der Waals surface area contributed by atoms with Gasteiger partial charge < -0.3 is 14.0 Å². The number of hydrogen-bond acceptors (Lipinski definition) is 6. The van der Waals surface area contributed by atoms with Gasteiger partial charge in [0.25, 0.3) is 0 Å². The fraction of sp³-hybridized carbons (Fsp3) is 0.400. The molecule has 0 atom stereocenters. The van der Waals surface area contributed by atoms with E-state index in [2.05, 4.69) is 9.95 Å². The van der Waals surface area contributed by atoms with Crippen LogP contribution in [0.15, 0.2) is 69.9 Å². The molecule has 3 aromatic rings. The zero-order valence-electron chi connectivity index (χ0n) is 19.6. The van der Waals surface area contributed by atoms with Gasteiger partial charge in [-0.1, -0.05) is 30.3 Å². The van der Waals surface area contributed by atoms with E-state index in [-0.39, 0.29) is 6.10 Å². The van der Waals surface area contributed by atoms with Gasteiger partial charge in [-0.05, 0) is 50.1 Å². The van der Waals surface area contributed by atoms with Crippen LogP contribution in [0, 0.1) is 0 Å². The first-order valence-corrected chi connectivity index (χ1v) is 13.8. The average Bonchev–Trinajstić information content (AvgIpc) is 3.25. The fourth-order valence-electron chi connectivity index (χ4n) is 3.75. The van der Waals surface area contributed by atoms with Crippen molar-refractivity contribution < 1.29 is 17.9 Å². The largest absolute Gasteiger partial charge is 0.379 e. The van der Waals surface area contributed by atoms with Crippen molar-refractivity contribution in [3.8, 4) is 11.3 Å². The summed E-state index contributed by atoms with van der Waals surface area (Å²) in [5.41, 5.74) is 2.87. The molecule has 7 nitrogen and oxygen atoms in total. The second kappa shape index (κ2) is 11.4. The number of ether oxygens (including phenoxy) is 2. The third-order valence-corrected chi connectivity index (χ3v) is 8.29. The summed E-state index contributed by atoms with van der Waals surface area (Å²) in [5, 5.41) is 2.08. The number of nitrogens with zero attached hydrogens (tertiary/aromatic N) is 3. The second-order valence-electron chi connectivity index (χ2n) is 8.32. The number of morpholine rings is 1. The molecule has 0 amide bonds. The van der Waals surface area contributed by atoms with Crippen LogP contribution in [0.4, 0.5) is 5.69 Å². The minimum Gasteiger partial charge on any atom is -0.379 e. The van der Waals surface area contributed by atoms with Crippen LogP contribution in [-0.2, 0) is 26.0 Å². The summed E-state index contributed by atoms with van der Waals surface area (Å²) in [4.78, 5) is 6.05. The van der Waals surface area contributed by atoms with Gasteiger partial charge in [0.05, 0.1) is 35.6 Å².